The third-order valence-electron chi connectivity index (χ3n) is 11.1. The lowest BCUT2D eigenvalue weighted by Gasteiger charge is -2.59. The zero-order chi connectivity index (χ0) is 30.3. The summed E-state index contributed by atoms with van der Waals surface area (Å²) in [4.78, 5) is 41.8. The number of non-ortho nitro benzene ring substituents is 1. The summed E-state index contributed by atoms with van der Waals surface area (Å²) in [7, 11) is 0. The zero-order valence-corrected chi connectivity index (χ0v) is 24.8. The minimum atomic E-state index is -1.43. The monoisotopic (exact) mass is 606 g/mol. The molecule has 1 saturated heterocycles. The number of fused-ring (bicyclic) bond motifs is 7. The number of thiazole rings is 1. The molecule has 1 aromatic carbocycles. The Kier molecular flexibility index (Phi) is 6.64. The highest BCUT2D eigenvalue weighted by Gasteiger charge is 2.76. The van der Waals surface area contributed by atoms with E-state index in [0.717, 1.165) is 29.0 Å². The Morgan fingerprint density at radius 2 is 2.12 bits per heavy atom. The highest BCUT2D eigenvalue weighted by atomic mass is 32.1. The van der Waals surface area contributed by atoms with Gasteiger partial charge in [0.15, 0.2) is 23.5 Å². The lowest BCUT2D eigenvalue weighted by Crippen LogP contribution is -2.63. The average Bonchev–Trinajstić information content (AvgIpc) is 3.65. The molecule has 4 fully saturated rings. The normalized spacial score (nSPS) is 39.4. The van der Waals surface area contributed by atoms with Crippen LogP contribution in [0.5, 0.6) is 0 Å². The van der Waals surface area contributed by atoms with E-state index in [9.17, 15) is 29.9 Å². The van der Waals surface area contributed by atoms with E-state index in [2.05, 4.69) is 11.9 Å². The number of Topliss-reactive ketones (excluding diaryl/α,β-unsaturated/α-hetero) is 1. The molecule has 1 aromatic heterocycles. The van der Waals surface area contributed by atoms with Crippen molar-refractivity contribution in [2.75, 3.05) is 6.61 Å². The molecular formula is C32H34N2O8S. The van der Waals surface area contributed by atoms with Crippen LogP contribution in [-0.2, 0) is 25.5 Å². The number of nitrogens with zero attached hydrogens (tertiary/aromatic N) is 2. The zero-order valence-electron chi connectivity index (χ0n) is 24.0. The number of benzene rings is 1. The van der Waals surface area contributed by atoms with Crippen LogP contribution in [0.4, 0.5) is 5.69 Å². The van der Waals surface area contributed by atoms with Crippen molar-refractivity contribution in [3.63, 3.8) is 0 Å². The molecule has 4 aliphatic carbocycles. The van der Waals surface area contributed by atoms with Gasteiger partial charge in [0.2, 0.25) is 0 Å². The molecule has 2 N–H and O–H groups in total. The fourth-order valence-electron chi connectivity index (χ4n) is 9.28. The summed E-state index contributed by atoms with van der Waals surface area (Å²) in [6, 6.07) is 6.42. The predicted octanol–water partition coefficient (Wildman–Crippen LogP) is 4.24. The van der Waals surface area contributed by atoms with Crippen molar-refractivity contribution in [3.05, 3.63) is 79.8 Å². The van der Waals surface area contributed by atoms with Crippen LogP contribution in [-0.4, -0.2) is 56.1 Å². The van der Waals surface area contributed by atoms with Gasteiger partial charge in [-0.3, -0.25) is 19.7 Å². The molecule has 0 spiro atoms. The lowest BCUT2D eigenvalue weighted by atomic mass is 9.46. The van der Waals surface area contributed by atoms with E-state index in [-0.39, 0.29) is 29.2 Å². The van der Waals surface area contributed by atoms with Gasteiger partial charge in [-0.2, -0.15) is 0 Å². The van der Waals surface area contributed by atoms with Crippen molar-refractivity contribution in [1.29, 1.82) is 0 Å². The summed E-state index contributed by atoms with van der Waals surface area (Å²) in [5.74, 6) is -0.476. The first kappa shape index (κ1) is 28.7. The molecule has 2 unspecified atom stereocenters. The summed E-state index contributed by atoms with van der Waals surface area (Å²) >= 11 is 1.36. The number of ether oxygens (including phenoxy) is 2. The molecule has 0 bridgehead atoms. The highest BCUT2D eigenvalue weighted by molar-refractivity contribution is 7.11. The van der Waals surface area contributed by atoms with Crippen molar-refractivity contribution in [3.8, 4) is 0 Å². The van der Waals surface area contributed by atoms with Gasteiger partial charge < -0.3 is 19.7 Å². The second-order valence-corrected chi connectivity index (χ2v) is 14.2. The second-order valence-electron chi connectivity index (χ2n) is 13.1. The van der Waals surface area contributed by atoms with Gasteiger partial charge in [0.05, 0.1) is 27.0 Å². The Bertz CT molecular complexity index is 1580. The van der Waals surface area contributed by atoms with Crippen molar-refractivity contribution in [2.45, 2.75) is 70.1 Å². The van der Waals surface area contributed by atoms with Gasteiger partial charge in [0.1, 0.15) is 6.61 Å². The van der Waals surface area contributed by atoms with Crippen LogP contribution in [0.15, 0.2) is 54.3 Å². The van der Waals surface area contributed by atoms with Gasteiger partial charge in [0.25, 0.3) is 5.69 Å². The molecule has 5 aliphatic rings. The number of carbonyl (C=O) groups excluding carboxylic acids is 2. The van der Waals surface area contributed by atoms with E-state index in [4.69, 9.17) is 9.47 Å². The second kappa shape index (κ2) is 9.97. The van der Waals surface area contributed by atoms with Crippen LogP contribution in [0.25, 0.3) is 0 Å². The highest BCUT2D eigenvalue weighted by Crippen LogP contribution is 2.70. The first-order chi connectivity index (χ1) is 20.5. The molecule has 0 radical (unpaired) electrons. The van der Waals surface area contributed by atoms with Crippen LogP contribution in [0.1, 0.15) is 61.3 Å². The Morgan fingerprint density at radius 1 is 1.30 bits per heavy atom. The summed E-state index contributed by atoms with van der Waals surface area (Å²) in [5.41, 5.74) is -0.823. The topological polar surface area (TPSA) is 149 Å². The maximum atomic E-state index is 13.7. The fourth-order valence-corrected chi connectivity index (χ4v) is 10.2. The number of carbonyl (C=O) groups is 2. The molecule has 2 aromatic rings. The molecule has 226 valence electrons. The maximum absolute atomic E-state index is 13.7. The molecule has 10 nitrogen and oxygen atoms in total. The van der Waals surface area contributed by atoms with Gasteiger partial charge in [0, 0.05) is 41.5 Å². The largest absolute Gasteiger partial charge is 0.393 e. The van der Waals surface area contributed by atoms with E-state index < -0.39 is 52.2 Å². The van der Waals surface area contributed by atoms with Gasteiger partial charge in [-0.25, -0.2) is 4.98 Å². The lowest BCUT2D eigenvalue weighted by molar-refractivity contribution is -0.384. The molecule has 3 saturated carbocycles. The SMILES string of the molecule is C[C@]12C=CC(=O)C=C1CCC1[C@@H]2[C@@H](O)C[C@@]2(C)[C@H]1C[C@H]1OC(c3cnc(Cc4cccc([N+](=O)[O-])c4)s3)O[C@]12C(=O)CO. The van der Waals surface area contributed by atoms with Crippen molar-refractivity contribution in [1.82, 2.24) is 4.98 Å². The quantitative estimate of drug-likeness (QED) is 0.364. The number of allylic oxidation sites excluding steroid dienone is 4. The van der Waals surface area contributed by atoms with E-state index in [1.54, 1.807) is 24.4 Å². The molecular weight excluding hydrogens is 572 g/mol. The fraction of sp³-hybridized carbons (Fsp3) is 0.531. The maximum Gasteiger partial charge on any atom is 0.269 e. The average molecular weight is 607 g/mol. The number of aromatic nitrogens is 1. The van der Waals surface area contributed by atoms with Crippen molar-refractivity contribution < 1.29 is 34.2 Å². The van der Waals surface area contributed by atoms with E-state index in [0.29, 0.717) is 24.1 Å². The van der Waals surface area contributed by atoms with Crippen LogP contribution >= 0.6 is 11.3 Å². The molecule has 7 rings (SSSR count). The number of aliphatic hydroxyl groups is 2. The third-order valence-corrected chi connectivity index (χ3v) is 12.1. The van der Waals surface area contributed by atoms with E-state index in [1.165, 1.54) is 23.5 Å². The van der Waals surface area contributed by atoms with Crippen LogP contribution in [0.2, 0.25) is 0 Å². The Labute approximate surface area is 252 Å². The smallest absolute Gasteiger partial charge is 0.269 e. The first-order valence-corrected chi connectivity index (χ1v) is 15.6. The molecule has 2 heterocycles. The van der Waals surface area contributed by atoms with Gasteiger partial charge in [-0.15, -0.1) is 11.3 Å². The van der Waals surface area contributed by atoms with Crippen molar-refractivity contribution in [2.24, 2.45) is 28.6 Å². The molecule has 11 heteroatoms. The van der Waals surface area contributed by atoms with Gasteiger partial charge in [-0.05, 0) is 55.2 Å². The summed E-state index contributed by atoms with van der Waals surface area (Å²) < 4.78 is 13.1. The van der Waals surface area contributed by atoms with Gasteiger partial charge in [-0.1, -0.05) is 37.6 Å². The van der Waals surface area contributed by atoms with Crippen LogP contribution in [0.3, 0.4) is 0 Å². The molecule has 43 heavy (non-hydrogen) atoms. The number of hydrogen-bond acceptors (Lipinski definition) is 10. The summed E-state index contributed by atoms with van der Waals surface area (Å²) in [5, 5.41) is 33.9. The van der Waals surface area contributed by atoms with E-state index in [1.807, 2.05) is 19.1 Å². The molecule has 9 atom stereocenters. The van der Waals surface area contributed by atoms with Crippen LogP contribution in [0, 0.1) is 38.7 Å². The number of nitro benzene ring substituents is 1. The standard InChI is InChI=1S/C32H34N2O8S/c1-30-9-8-20(36)12-18(30)6-7-21-22-13-26-32(25(38)16-35,31(22,2)14-23(37)28(21)30)42-29(41-26)24-15-33-27(43-24)11-17-4-3-5-19(10-17)34(39)40/h3-5,8-10,12,15,21-23,26,28-29,35,37H,6-7,11,13-14,16H2,1-2H3/t21?,22-,23-,26+,28+,29?,30-,31-,32+/m0/s1. The molecule has 1 aliphatic heterocycles. The molecule has 0 amide bonds. The predicted molar refractivity (Wildman–Crippen MR) is 155 cm³/mol. The number of aliphatic hydroxyl groups excluding tert-OH is 2. The number of nitro groups is 1. The van der Waals surface area contributed by atoms with Crippen LogP contribution < -0.4 is 0 Å². The Balaban J connectivity index is 1.18. The summed E-state index contributed by atoms with van der Waals surface area (Å²) in [6.45, 7) is 3.41. The van der Waals surface area contributed by atoms with Crippen molar-refractivity contribution >= 4 is 28.6 Å². The number of rotatable bonds is 6. The minimum Gasteiger partial charge on any atom is -0.393 e. The van der Waals surface area contributed by atoms with Gasteiger partial charge >= 0.3 is 0 Å². The Hall–Kier alpha value is -3.09. The van der Waals surface area contributed by atoms with E-state index >= 15 is 0 Å². The third kappa shape index (κ3) is 4.09. The minimum absolute atomic E-state index is 0.0117. The summed E-state index contributed by atoms with van der Waals surface area (Å²) in [6.07, 6.45) is 7.52. The number of ketones is 2. The Morgan fingerprint density at radius 3 is 2.88 bits per heavy atom. The number of hydrogen-bond donors (Lipinski definition) is 2. The first-order valence-electron chi connectivity index (χ1n) is 14.8.